The Balaban J connectivity index is 0.00000560. The molecular weight excluding hydrogens is 1160 g/mol. The molecule has 0 radical (unpaired) electrons. The summed E-state index contributed by atoms with van der Waals surface area (Å²) in [6.07, 6.45) is 11.9. The Morgan fingerprint density at radius 2 is 1.44 bits per heavy atom. The maximum absolute atomic E-state index is 12.9. The summed E-state index contributed by atoms with van der Waals surface area (Å²) in [5.41, 5.74) is 0.543. The third-order valence-electron chi connectivity index (χ3n) is 13.6. The minimum absolute atomic E-state index is 0. The number of rotatable bonds is 25. The van der Waals surface area contributed by atoms with Crippen LogP contribution in [0.4, 0.5) is 11.4 Å². The zero-order valence-electron chi connectivity index (χ0n) is 46.5. The second kappa shape index (κ2) is 29.1. The van der Waals surface area contributed by atoms with E-state index < -0.39 is 96.8 Å². The smallest absolute Gasteiger partial charge is 0.748 e. The van der Waals surface area contributed by atoms with Crippen LogP contribution in [0.15, 0.2) is 83.5 Å². The molecule has 4 heterocycles. The molecule has 2 aromatic carbocycles. The number of hydroxylamine groups is 2. The largest absolute Gasteiger partial charge is 1.00 e. The summed E-state index contributed by atoms with van der Waals surface area (Å²) in [7, 11) is -15.9. The van der Waals surface area contributed by atoms with Gasteiger partial charge in [0.2, 0.25) is 5.69 Å². The van der Waals surface area contributed by atoms with Gasteiger partial charge < -0.3 is 37.6 Å². The fourth-order valence-electron chi connectivity index (χ4n) is 9.96. The van der Waals surface area contributed by atoms with Crippen LogP contribution in [0.1, 0.15) is 102 Å². The first-order chi connectivity index (χ1) is 35.8. The van der Waals surface area contributed by atoms with Gasteiger partial charge in [-0.2, -0.15) is 13.0 Å². The van der Waals surface area contributed by atoms with Crippen LogP contribution in [0.2, 0.25) is 0 Å². The van der Waals surface area contributed by atoms with E-state index in [2.05, 4.69) is 0 Å². The van der Waals surface area contributed by atoms with E-state index in [1.54, 1.807) is 60.1 Å². The van der Waals surface area contributed by atoms with Gasteiger partial charge in [0.15, 0.2) is 5.71 Å². The number of benzene rings is 2. The van der Waals surface area contributed by atoms with Gasteiger partial charge in [-0.05, 0) is 74.4 Å². The van der Waals surface area contributed by atoms with Crippen LogP contribution in [-0.4, -0.2) is 148 Å². The molecule has 6 rings (SSSR count). The summed E-state index contributed by atoms with van der Waals surface area (Å²) < 4.78 is 163. The molecule has 1 fully saturated rings. The van der Waals surface area contributed by atoms with E-state index in [1.165, 1.54) is 26.4 Å². The van der Waals surface area contributed by atoms with Crippen molar-refractivity contribution >= 4 is 86.5 Å². The van der Waals surface area contributed by atoms with Crippen molar-refractivity contribution in [2.45, 2.75) is 101 Å². The van der Waals surface area contributed by atoms with Crippen LogP contribution in [-0.2, 0) is 74.6 Å². The number of hydrogen-bond acceptors (Lipinski definition) is 19. The predicted octanol–water partition coefficient (Wildman–Crippen LogP) is -3.97. The third-order valence-corrected chi connectivity index (χ3v) is 16.7. The molecule has 2 amide bonds. The van der Waals surface area contributed by atoms with Crippen LogP contribution in [0.5, 0.6) is 5.75 Å². The second-order valence-corrected chi connectivity index (χ2v) is 26.2. The van der Waals surface area contributed by atoms with Crippen LogP contribution < -0.4 is 98.3 Å². The molecule has 422 valence electrons. The number of amides is 2. The number of carbonyl (C=O) groups is 3. The number of fused-ring (bicyclic) bond motifs is 3. The number of hydrogen-bond donors (Lipinski definition) is 1. The van der Waals surface area contributed by atoms with E-state index in [9.17, 15) is 66.3 Å². The van der Waals surface area contributed by atoms with E-state index in [0.29, 0.717) is 55.9 Å². The van der Waals surface area contributed by atoms with Crippen LogP contribution in [0, 0.1) is 5.41 Å². The minimum Gasteiger partial charge on any atom is -0.748 e. The molecule has 0 spiro atoms. The summed E-state index contributed by atoms with van der Waals surface area (Å²) >= 11 is 0. The zero-order valence-corrected chi connectivity index (χ0v) is 55.8. The van der Waals surface area contributed by atoms with Crippen molar-refractivity contribution in [2.75, 3.05) is 62.7 Å². The average molecular weight is 1220 g/mol. The number of methoxy groups -OCH3 is 2. The predicted molar refractivity (Wildman–Crippen MR) is 279 cm³/mol. The first-order valence-electron chi connectivity index (χ1n) is 24.5. The maximum atomic E-state index is 12.9. The third kappa shape index (κ3) is 18.5. The maximum Gasteiger partial charge on any atom is 1.00 e. The number of nitrogens with zero attached hydrogens (tertiary/aromatic N) is 3. The van der Waals surface area contributed by atoms with Crippen molar-refractivity contribution in [1.29, 1.82) is 0 Å². The summed E-state index contributed by atoms with van der Waals surface area (Å²) in [6.45, 7) is 7.88. The Morgan fingerprint density at radius 1 is 0.825 bits per heavy atom. The first kappa shape index (κ1) is 71.8. The van der Waals surface area contributed by atoms with Gasteiger partial charge in [-0.25, -0.2) is 30.0 Å². The average Bonchev–Trinajstić information content (AvgIpc) is 3.75. The quantitative estimate of drug-likeness (QED) is 0.0326. The summed E-state index contributed by atoms with van der Waals surface area (Å²) in [5.74, 6) is -3.54. The summed E-state index contributed by atoms with van der Waals surface area (Å²) in [5, 5.41) is 0.420. The zero-order chi connectivity index (χ0) is 56.9. The fraction of sp³-hybridized carbons (Fsp3) is 0.490. The van der Waals surface area contributed by atoms with Gasteiger partial charge in [0.1, 0.15) is 33.9 Å². The second-order valence-electron chi connectivity index (χ2n) is 20.4. The molecule has 0 aliphatic carbocycles. The molecule has 0 aromatic heterocycles. The Morgan fingerprint density at radius 3 is 2.00 bits per heavy atom. The molecule has 1 saturated heterocycles. The number of carbonyl (C=O) groups excluding carboxylic acids is 3. The number of allylic oxidation sites excluding steroid dienone is 8. The molecule has 22 nitrogen and oxygen atoms in total. The molecule has 4 aliphatic heterocycles. The van der Waals surface area contributed by atoms with E-state index in [0.717, 1.165) is 6.07 Å². The van der Waals surface area contributed by atoms with E-state index in [-0.39, 0.29) is 178 Å². The summed E-state index contributed by atoms with van der Waals surface area (Å²) in [6, 6.07) is 7.15. The number of ether oxygens (including phenoxy) is 3. The van der Waals surface area contributed by atoms with E-state index in [4.69, 9.17) is 19.0 Å². The number of imide groups is 1. The molecule has 80 heavy (non-hydrogen) atoms. The Kier molecular flexibility index (Phi) is 26.1. The van der Waals surface area contributed by atoms with Crippen molar-refractivity contribution < 1.29 is 179 Å². The molecule has 0 saturated carbocycles. The van der Waals surface area contributed by atoms with Crippen molar-refractivity contribution in [2.24, 2.45) is 5.41 Å². The van der Waals surface area contributed by atoms with Crippen LogP contribution in [0.25, 0.3) is 11.1 Å². The Bertz CT molecular complexity index is 3310. The molecule has 29 heteroatoms. The Hall–Kier alpha value is -2.42. The van der Waals surface area contributed by atoms with Gasteiger partial charge in [-0.3, -0.25) is 14.1 Å². The standard InChI is InChI=1S/C51H65N3O19S4.3Na/c1-49(2,3)45-29-35(39-31-38-36(34-76(64,65)66)33-51(21-25-70-5,22-26-71-6)53(24-12-28-75(61,62)63)42(38)32-43(39)72-45)13-8-7-9-14-44-50(4,20-10-15-48(57)73-54-46(55)18-19-47(54)56)40-30-37(77(67,68)69)16-17-41(40)52(44)23-11-27-74(58,59)60;;;/h7-9,13-14,16-17,29-33H,10-12,15,18-28,34H2,1-6H3,(H3-,58,59,60,61,62,63,64,65,66,67,68,69);;;/q;3*+1/p-2. The van der Waals surface area contributed by atoms with Crippen LogP contribution >= 0.6 is 0 Å². The fourth-order valence-corrected chi connectivity index (χ4v) is 12.1. The van der Waals surface area contributed by atoms with Gasteiger partial charge >= 0.3 is 94.6 Å². The molecule has 4 aliphatic rings. The first-order valence-corrected chi connectivity index (χ1v) is 30.7. The van der Waals surface area contributed by atoms with Crippen molar-refractivity contribution in [3.63, 3.8) is 0 Å². The van der Waals surface area contributed by atoms with Gasteiger partial charge in [-0.15, -0.1) is 5.06 Å². The summed E-state index contributed by atoms with van der Waals surface area (Å²) in [4.78, 5) is 43.6. The van der Waals surface area contributed by atoms with Gasteiger partial charge in [0, 0.05) is 117 Å². The van der Waals surface area contributed by atoms with Gasteiger partial charge in [0.25, 0.3) is 21.9 Å². The van der Waals surface area contributed by atoms with Crippen molar-refractivity contribution in [3.05, 3.63) is 95.3 Å². The van der Waals surface area contributed by atoms with Crippen molar-refractivity contribution in [3.8, 4) is 5.75 Å². The van der Waals surface area contributed by atoms with E-state index in [1.807, 2.05) is 31.7 Å². The minimum atomic E-state index is -4.99. The van der Waals surface area contributed by atoms with Gasteiger partial charge in [-0.1, -0.05) is 51.2 Å². The molecule has 1 unspecified atom stereocenters. The molecule has 0 bridgehead atoms. The number of anilines is 1. The van der Waals surface area contributed by atoms with Crippen LogP contribution in [0.3, 0.4) is 0 Å². The van der Waals surface area contributed by atoms with E-state index >= 15 is 0 Å². The SMILES string of the molecule is COCCC1(CCOC)C=C(CS(=O)(=O)O)c2cc3c(cc2N1CCCS(=O)(=O)[O-])OC(C(C)(C)C)=CC3=CC=CC=CC1=[N+](CCCS(=O)(=O)[O-])c2ccc(S(=O)(=O)[O-])cc2C1(C)CCCC(=O)ON1C(=O)CCC1=O.[Na+].[Na+].[Na+]. The molecule has 2 aromatic rings. The monoisotopic (exact) mass is 1220 g/mol. The molecular formula is C51H63N3Na3O19S4+. The van der Waals surface area contributed by atoms with Gasteiger partial charge in [0.05, 0.1) is 36.1 Å². The normalized spacial score (nSPS) is 18.8. The molecule has 1 N–H and O–H groups in total. The Labute approximate surface area is 535 Å². The molecule has 1 atom stereocenters. The van der Waals surface area contributed by atoms with Crippen molar-refractivity contribution in [1.82, 2.24) is 5.06 Å². The topological polar surface area (TPSA) is 324 Å².